The molecule has 0 amide bonds. The van der Waals surface area contributed by atoms with Crippen molar-refractivity contribution in [3.63, 3.8) is 0 Å². The van der Waals surface area contributed by atoms with E-state index in [4.69, 9.17) is 5.84 Å². The molecular formula is C14H19FN4. The Labute approximate surface area is 112 Å². The van der Waals surface area contributed by atoms with Gasteiger partial charge in [0.05, 0.1) is 17.4 Å². The first kappa shape index (κ1) is 13.7. The van der Waals surface area contributed by atoms with Gasteiger partial charge in [-0.2, -0.15) is 5.10 Å². The fourth-order valence-electron chi connectivity index (χ4n) is 2.31. The number of nitrogens with one attached hydrogen (secondary N) is 1. The first-order chi connectivity index (χ1) is 9.01. The summed E-state index contributed by atoms with van der Waals surface area (Å²) in [5.41, 5.74) is 6.78. The molecule has 0 aliphatic heterocycles. The van der Waals surface area contributed by atoms with E-state index in [1.165, 1.54) is 12.1 Å². The second kappa shape index (κ2) is 5.50. The number of nitrogens with zero attached hydrogens (tertiary/aromatic N) is 2. The minimum absolute atomic E-state index is 0.0460. The smallest absolute Gasteiger partial charge is 0.123 e. The molecule has 3 N–H and O–H groups in total. The van der Waals surface area contributed by atoms with Crippen LogP contribution >= 0.6 is 0 Å². The summed E-state index contributed by atoms with van der Waals surface area (Å²) >= 11 is 0. The number of nitrogens with two attached hydrogens (primary N) is 1. The predicted molar refractivity (Wildman–Crippen MR) is 72.9 cm³/mol. The zero-order valence-corrected chi connectivity index (χ0v) is 11.4. The molecule has 0 saturated heterocycles. The van der Waals surface area contributed by atoms with Crippen molar-refractivity contribution in [1.82, 2.24) is 15.2 Å². The molecule has 1 aromatic carbocycles. The summed E-state index contributed by atoms with van der Waals surface area (Å²) in [5.74, 6) is 5.43. The van der Waals surface area contributed by atoms with Gasteiger partial charge in [0, 0.05) is 7.05 Å². The molecule has 2 rings (SSSR count). The molecule has 0 spiro atoms. The van der Waals surface area contributed by atoms with Crippen LogP contribution in [0.5, 0.6) is 0 Å². The third-order valence-electron chi connectivity index (χ3n) is 3.33. The number of hydrogen-bond donors (Lipinski definition) is 2. The zero-order valence-electron chi connectivity index (χ0n) is 11.4. The molecule has 19 heavy (non-hydrogen) atoms. The van der Waals surface area contributed by atoms with Crippen LogP contribution in [0.25, 0.3) is 0 Å². The highest BCUT2D eigenvalue weighted by Crippen LogP contribution is 2.20. The van der Waals surface area contributed by atoms with Gasteiger partial charge in [0.1, 0.15) is 5.82 Å². The van der Waals surface area contributed by atoms with Crippen LogP contribution in [0.15, 0.2) is 24.3 Å². The van der Waals surface area contributed by atoms with E-state index in [1.54, 1.807) is 6.07 Å². The lowest BCUT2D eigenvalue weighted by Gasteiger charge is -2.17. The van der Waals surface area contributed by atoms with Gasteiger partial charge < -0.3 is 0 Å². The maximum Gasteiger partial charge on any atom is 0.123 e. The Kier molecular flexibility index (Phi) is 3.97. The Balaban J connectivity index is 2.26. The molecule has 1 heterocycles. The number of rotatable bonds is 4. The largest absolute Gasteiger partial charge is 0.271 e. The number of hydrogen-bond acceptors (Lipinski definition) is 3. The fraction of sp³-hybridized carbons (Fsp3) is 0.357. The lowest BCUT2D eigenvalue weighted by atomic mass is 9.99. The van der Waals surface area contributed by atoms with E-state index in [9.17, 15) is 4.39 Å². The number of aryl methyl sites for hydroxylation is 3. The van der Waals surface area contributed by atoms with E-state index >= 15 is 0 Å². The molecule has 0 aliphatic rings. The minimum Gasteiger partial charge on any atom is -0.271 e. The Bertz CT molecular complexity index is 577. The molecule has 5 heteroatoms. The summed E-state index contributed by atoms with van der Waals surface area (Å²) in [7, 11) is 1.89. The summed E-state index contributed by atoms with van der Waals surface area (Å²) < 4.78 is 14.9. The zero-order chi connectivity index (χ0) is 14.0. The molecule has 0 saturated carbocycles. The summed E-state index contributed by atoms with van der Waals surface area (Å²) in [5, 5.41) is 4.32. The van der Waals surface area contributed by atoms with Crippen molar-refractivity contribution in [3.05, 3.63) is 52.6 Å². The van der Waals surface area contributed by atoms with Gasteiger partial charge in [0.2, 0.25) is 0 Å². The van der Waals surface area contributed by atoms with Gasteiger partial charge in [-0.3, -0.25) is 16.0 Å². The van der Waals surface area contributed by atoms with E-state index in [0.717, 1.165) is 22.5 Å². The van der Waals surface area contributed by atoms with Gasteiger partial charge >= 0.3 is 0 Å². The lowest BCUT2D eigenvalue weighted by molar-refractivity contribution is 0.507. The van der Waals surface area contributed by atoms with E-state index in [2.05, 4.69) is 10.5 Å². The van der Waals surface area contributed by atoms with Crippen molar-refractivity contribution in [1.29, 1.82) is 0 Å². The van der Waals surface area contributed by atoms with Crippen LogP contribution in [0.4, 0.5) is 4.39 Å². The average Bonchev–Trinajstić information content (AvgIpc) is 2.68. The SMILES string of the molecule is Cc1cc(C(Cc2ccc(F)cc2C)NN)n(C)n1. The van der Waals surface area contributed by atoms with Gasteiger partial charge in [-0.1, -0.05) is 6.07 Å². The van der Waals surface area contributed by atoms with Gasteiger partial charge in [-0.05, 0) is 49.6 Å². The van der Waals surface area contributed by atoms with Gasteiger partial charge in [-0.15, -0.1) is 0 Å². The molecular weight excluding hydrogens is 243 g/mol. The van der Waals surface area contributed by atoms with E-state index in [1.807, 2.05) is 31.6 Å². The van der Waals surface area contributed by atoms with Crippen molar-refractivity contribution in [2.45, 2.75) is 26.3 Å². The Hall–Kier alpha value is -1.72. The average molecular weight is 262 g/mol. The number of aromatic nitrogens is 2. The molecule has 0 bridgehead atoms. The molecule has 0 aliphatic carbocycles. The number of halogens is 1. The van der Waals surface area contributed by atoms with Crippen molar-refractivity contribution in [3.8, 4) is 0 Å². The highest BCUT2D eigenvalue weighted by Gasteiger charge is 2.16. The highest BCUT2D eigenvalue weighted by atomic mass is 19.1. The van der Waals surface area contributed by atoms with Crippen molar-refractivity contribution < 1.29 is 4.39 Å². The lowest BCUT2D eigenvalue weighted by Crippen LogP contribution is -2.31. The topological polar surface area (TPSA) is 55.9 Å². The van der Waals surface area contributed by atoms with Crippen molar-refractivity contribution in [2.24, 2.45) is 12.9 Å². The molecule has 2 aromatic rings. The van der Waals surface area contributed by atoms with Gasteiger partial charge in [0.25, 0.3) is 0 Å². The third kappa shape index (κ3) is 3.00. The summed E-state index contributed by atoms with van der Waals surface area (Å²) in [4.78, 5) is 0. The molecule has 102 valence electrons. The van der Waals surface area contributed by atoms with Crippen molar-refractivity contribution in [2.75, 3.05) is 0 Å². The monoisotopic (exact) mass is 262 g/mol. The van der Waals surface area contributed by atoms with Crippen LogP contribution in [0, 0.1) is 19.7 Å². The van der Waals surface area contributed by atoms with E-state index in [0.29, 0.717) is 6.42 Å². The fourth-order valence-corrected chi connectivity index (χ4v) is 2.31. The second-order valence-electron chi connectivity index (χ2n) is 4.83. The molecule has 1 unspecified atom stereocenters. The molecule has 0 fully saturated rings. The normalized spacial score (nSPS) is 12.7. The van der Waals surface area contributed by atoms with E-state index < -0.39 is 0 Å². The summed E-state index contributed by atoms with van der Waals surface area (Å²) in [6.07, 6.45) is 0.696. The van der Waals surface area contributed by atoms with Gasteiger partial charge in [0.15, 0.2) is 0 Å². The maximum atomic E-state index is 13.1. The standard InChI is InChI=1S/C14H19FN4/c1-9-6-12(15)5-4-11(9)8-13(17-16)14-7-10(2)18-19(14)3/h4-7,13,17H,8,16H2,1-3H3. The molecule has 0 radical (unpaired) electrons. The molecule has 1 atom stereocenters. The first-order valence-electron chi connectivity index (χ1n) is 6.23. The minimum atomic E-state index is -0.213. The van der Waals surface area contributed by atoms with Crippen LogP contribution in [-0.4, -0.2) is 9.78 Å². The van der Waals surface area contributed by atoms with Crippen LogP contribution < -0.4 is 11.3 Å². The number of benzene rings is 1. The Morgan fingerprint density at radius 3 is 2.63 bits per heavy atom. The first-order valence-corrected chi connectivity index (χ1v) is 6.23. The van der Waals surface area contributed by atoms with Crippen molar-refractivity contribution >= 4 is 0 Å². The molecule has 4 nitrogen and oxygen atoms in total. The van der Waals surface area contributed by atoms with E-state index in [-0.39, 0.29) is 11.9 Å². The van der Waals surface area contributed by atoms with Crippen LogP contribution in [0.2, 0.25) is 0 Å². The highest BCUT2D eigenvalue weighted by molar-refractivity contribution is 5.28. The van der Waals surface area contributed by atoms with Crippen LogP contribution in [0.3, 0.4) is 0 Å². The Morgan fingerprint density at radius 1 is 1.37 bits per heavy atom. The predicted octanol–water partition coefficient (Wildman–Crippen LogP) is 1.92. The third-order valence-corrected chi connectivity index (χ3v) is 3.33. The maximum absolute atomic E-state index is 13.1. The quantitative estimate of drug-likeness (QED) is 0.654. The summed E-state index contributed by atoms with van der Waals surface area (Å²) in [6.45, 7) is 3.85. The van der Waals surface area contributed by atoms with Crippen LogP contribution in [-0.2, 0) is 13.5 Å². The van der Waals surface area contributed by atoms with Gasteiger partial charge in [-0.25, -0.2) is 4.39 Å². The second-order valence-corrected chi connectivity index (χ2v) is 4.83. The summed E-state index contributed by atoms with van der Waals surface area (Å²) in [6, 6.07) is 6.78. The molecule has 1 aromatic heterocycles. The number of hydrazine groups is 1. The Morgan fingerprint density at radius 2 is 2.11 bits per heavy atom. The van der Waals surface area contributed by atoms with Crippen LogP contribution in [0.1, 0.15) is 28.6 Å².